The third-order valence-electron chi connectivity index (χ3n) is 6.92. The number of benzene rings is 2. The van der Waals surface area contributed by atoms with Gasteiger partial charge in [0.15, 0.2) is 0 Å². The molecule has 31 heavy (non-hydrogen) atoms. The Labute approximate surface area is 182 Å². The molecule has 5 rings (SSSR count). The van der Waals surface area contributed by atoms with Crippen molar-refractivity contribution in [3.8, 4) is 11.3 Å². The molecule has 0 N–H and O–H groups in total. The van der Waals surface area contributed by atoms with Crippen LogP contribution in [0, 0.1) is 0 Å². The third kappa shape index (κ3) is 3.23. The molecule has 5 nitrogen and oxygen atoms in total. The highest BCUT2D eigenvalue weighted by Crippen LogP contribution is 2.47. The molecule has 1 aliphatic carbocycles. The zero-order valence-electron chi connectivity index (χ0n) is 18.2. The summed E-state index contributed by atoms with van der Waals surface area (Å²) in [5, 5.41) is 1.22. The molecule has 1 amide bonds. The van der Waals surface area contributed by atoms with Crippen molar-refractivity contribution in [3.63, 3.8) is 0 Å². The fraction of sp³-hybridized carbons (Fsp3) is 0.385. The Hall–Kier alpha value is -3.08. The largest absolute Gasteiger partial charge is 0.465 e. The number of carbonyl (C=O) groups excluding carboxylic acids is 2. The summed E-state index contributed by atoms with van der Waals surface area (Å²) in [5.74, 6) is 0.224. The molecule has 5 heteroatoms. The molecule has 3 aromatic rings. The summed E-state index contributed by atoms with van der Waals surface area (Å²) in [6.07, 6.45) is 6.16. The van der Waals surface area contributed by atoms with Crippen LogP contribution in [0.2, 0.25) is 0 Å². The van der Waals surface area contributed by atoms with E-state index in [2.05, 4.69) is 28.8 Å². The van der Waals surface area contributed by atoms with Gasteiger partial charge in [-0.05, 0) is 42.5 Å². The first-order chi connectivity index (χ1) is 15.1. The molecular formula is C26H28N2O3. The maximum absolute atomic E-state index is 12.5. The number of hydrogen-bond donors (Lipinski definition) is 0. The zero-order valence-corrected chi connectivity index (χ0v) is 18.2. The summed E-state index contributed by atoms with van der Waals surface area (Å²) in [6.45, 7) is 2.93. The molecule has 0 spiro atoms. The second-order valence-electron chi connectivity index (χ2n) is 8.66. The van der Waals surface area contributed by atoms with Crippen LogP contribution >= 0.6 is 0 Å². The van der Waals surface area contributed by atoms with E-state index in [9.17, 15) is 9.59 Å². The number of anilines is 1. The first-order valence-electron chi connectivity index (χ1n) is 11.2. The van der Waals surface area contributed by atoms with Gasteiger partial charge in [-0.1, -0.05) is 43.5 Å². The van der Waals surface area contributed by atoms with Gasteiger partial charge in [0.1, 0.15) is 0 Å². The number of carbonyl (C=O) groups is 2. The lowest BCUT2D eigenvalue weighted by Gasteiger charge is -2.24. The van der Waals surface area contributed by atoms with Crippen LogP contribution in [0.25, 0.3) is 22.2 Å². The van der Waals surface area contributed by atoms with Crippen molar-refractivity contribution < 1.29 is 14.3 Å². The number of hydrogen-bond acceptors (Lipinski definition) is 3. The summed E-state index contributed by atoms with van der Waals surface area (Å²) in [5.41, 5.74) is 6.28. The van der Waals surface area contributed by atoms with Crippen molar-refractivity contribution in [1.82, 2.24) is 4.57 Å². The molecule has 2 aromatic carbocycles. The smallest absolute Gasteiger partial charge is 0.337 e. The van der Waals surface area contributed by atoms with Gasteiger partial charge in [-0.25, -0.2) is 4.79 Å². The number of fused-ring (bicyclic) bond motifs is 5. The molecular weight excluding hydrogens is 388 g/mol. The SMILES string of the molecule is COC(=O)c1ccc2c(C3CCCCC3)c3n(c2c1)CCN(C(C)=O)c1ccccc1-3. The van der Waals surface area contributed by atoms with Crippen molar-refractivity contribution >= 4 is 28.5 Å². The number of ether oxygens (including phenoxy) is 1. The molecule has 0 radical (unpaired) electrons. The number of methoxy groups -OCH3 is 1. The van der Waals surface area contributed by atoms with E-state index in [4.69, 9.17) is 4.74 Å². The average Bonchev–Trinajstić information content (AvgIpc) is 3.02. The first kappa shape index (κ1) is 19.9. The molecule has 2 heterocycles. The van der Waals surface area contributed by atoms with Gasteiger partial charge < -0.3 is 14.2 Å². The lowest BCUT2D eigenvalue weighted by molar-refractivity contribution is -0.116. The highest BCUT2D eigenvalue weighted by molar-refractivity contribution is 6.02. The van der Waals surface area contributed by atoms with Gasteiger partial charge in [0, 0.05) is 36.5 Å². The van der Waals surface area contributed by atoms with E-state index in [0.29, 0.717) is 24.6 Å². The Morgan fingerprint density at radius 3 is 2.52 bits per heavy atom. The lowest BCUT2D eigenvalue weighted by atomic mass is 9.81. The predicted molar refractivity (Wildman–Crippen MR) is 123 cm³/mol. The van der Waals surface area contributed by atoms with E-state index in [1.807, 2.05) is 23.1 Å². The summed E-state index contributed by atoms with van der Waals surface area (Å²) in [6, 6.07) is 14.2. The molecule has 160 valence electrons. The second kappa shape index (κ2) is 7.88. The van der Waals surface area contributed by atoms with Gasteiger partial charge in [0.05, 0.1) is 24.1 Å². The van der Waals surface area contributed by atoms with Gasteiger partial charge in [-0.3, -0.25) is 4.79 Å². The van der Waals surface area contributed by atoms with Crippen LogP contribution in [0.15, 0.2) is 42.5 Å². The molecule has 2 aliphatic rings. The summed E-state index contributed by atoms with van der Waals surface area (Å²) >= 11 is 0. The Balaban J connectivity index is 1.82. The minimum atomic E-state index is -0.323. The van der Waals surface area contributed by atoms with Crippen LogP contribution in [0.1, 0.15) is 60.9 Å². The maximum atomic E-state index is 12.5. The Morgan fingerprint density at radius 1 is 1.00 bits per heavy atom. The lowest BCUT2D eigenvalue weighted by Crippen LogP contribution is -2.30. The van der Waals surface area contributed by atoms with Crippen LogP contribution < -0.4 is 4.90 Å². The average molecular weight is 417 g/mol. The standard InChI is InChI=1S/C26H28N2O3/c1-17(29)27-14-15-28-23-16-19(26(30)31-2)12-13-20(23)24(18-8-4-3-5-9-18)25(28)21-10-6-7-11-22(21)27/h6-7,10-13,16,18H,3-5,8-9,14-15H2,1-2H3. The van der Waals surface area contributed by atoms with Crippen molar-refractivity contribution in [3.05, 3.63) is 53.6 Å². The fourth-order valence-electron chi connectivity index (χ4n) is 5.50. The van der Waals surface area contributed by atoms with Crippen molar-refractivity contribution in [2.24, 2.45) is 0 Å². The van der Waals surface area contributed by atoms with E-state index in [1.54, 1.807) is 6.92 Å². The number of rotatable bonds is 2. The van der Waals surface area contributed by atoms with E-state index in [1.165, 1.54) is 55.9 Å². The highest BCUT2D eigenvalue weighted by Gasteiger charge is 2.31. The summed E-state index contributed by atoms with van der Waals surface area (Å²) in [7, 11) is 1.42. The number of para-hydroxylation sites is 1. The predicted octanol–water partition coefficient (Wildman–Crippen LogP) is 5.51. The monoisotopic (exact) mass is 416 g/mol. The number of aromatic nitrogens is 1. The number of esters is 1. The fourth-order valence-corrected chi connectivity index (χ4v) is 5.50. The minimum absolute atomic E-state index is 0.0528. The Bertz CT molecular complexity index is 1170. The van der Waals surface area contributed by atoms with Crippen molar-refractivity contribution in [1.29, 1.82) is 0 Å². The third-order valence-corrected chi connectivity index (χ3v) is 6.92. The van der Waals surface area contributed by atoms with Crippen LogP contribution in [0.5, 0.6) is 0 Å². The van der Waals surface area contributed by atoms with Crippen LogP contribution in [0.3, 0.4) is 0 Å². The van der Waals surface area contributed by atoms with Crippen LogP contribution in [0.4, 0.5) is 5.69 Å². The zero-order chi connectivity index (χ0) is 21.5. The summed E-state index contributed by atoms with van der Waals surface area (Å²) in [4.78, 5) is 26.6. The van der Waals surface area contributed by atoms with Crippen LogP contribution in [-0.2, 0) is 16.1 Å². The quantitative estimate of drug-likeness (QED) is 0.518. The van der Waals surface area contributed by atoms with E-state index < -0.39 is 0 Å². The molecule has 1 aromatic heterocycles. The number of nitrogens with zero attached hydrogens (tertiary/aromatic N) is 2. The Morgan fingerprint density at radius 2 is 1.77 bits per heavy atom. The van der Waals surface area contributed by atoms with Gasteiger partial charge in [0.2, 0.25) is 5.91 Å². The van der Waals surface area contributed by atoms with Crippen molar-refractivity contribution in [2.75, 3.05) is 18.6 Å². The molecule has 0 bridgehead atoms. The number of amides is 1. The first-order valence-corrected chi connectivity index (χ1v) is 11.2. The van der Waals surface area contributed by atoms with Gasteiger partial charge >= 0.3 is 5.97 Å². The highest BCUT2D eigenvalue weighted by atomic mass is 16.5. The molecule has 1 aliphatic heterocycles. The Kier molecular flexibility index (Phi) is 5.05. The van der Waals surface area contributed by atoms with Crippen molar-refractivity contribution in [2.45, 2.75) is 51.5 Å². The van der Waals surface area contributed by atoms with E-state index in [-0.39, 0.29) is 11.9 Å². The van der Waals surface area contributed by atoms with Gasteiger partial charge in [-0.15, -0.1) is 0 Å². The second-order valence-corrected chi connectivity index (χ2v) is 8.66. The minimum Gasteiger partial charge on any atom is -0.465 e. The van der Waals surface area contributed by atoms with Crippen LogP contribution in [-0.4, -0.2) is 30.1 Å². The van der Waals surface area contributed by atoms with Gasteiger partial charge in [-0.2, -0.15) is 0 Å². The molecule has 0 saturated heterocycles. The maximum Gasteiger partial charge on any atom is 0.337 e. The van der Waals surface area contributed by atoms with Gasteiger partial charge in [0.25, 0.3) is 0 Å². The molecule has 1 saturated carbocycles. The molecule has 0 unspecified atom stereocenters. The van der Waals surface area contributed by atoms with E-state index >= 15 is 0 Å². The summed E-state index contributed by atoms with van der Waals surface area (Å²) < 4.78 is 7.31. The molecule has 0 atom stereocenters. The molecule has 1 fully saturated rings. The van der Waals surface area contributed by atoms with E-state index in [0.717, 1.165) is 16.8 Å². The topological polar surface area (TPSA) is 51.5 Å². The normalized spacial score (nSPS) is 16.5.